The number of nitrogens with zero attached hydrogens (tertiary/aromatic N) is 3. The minimum atomic E-state index is -0.648. The van der Waals surface area contributed by atoms with E-state index >= 15 is 0 Å². The summed E-state index contributed by atoms with van der Waals surface area (Å²) in [6.07, 6.45) is 0.999. The van der Waals surface area contributed by atoms with Crippen molar-refractivity contribution >= 4 is 10.9 Å². The van der Waals surface area contributed by atoms with Gasteiger partial charge in [-0.15, -0.1) is 0 Å². The highest BCUT2D eigenvalue weighted by Gasteiger charge is 2.13. The van der Waals surface area contributed by atoms with Gasteiger partial charge >= 0.3 is 0 Å². The van der Waals surface area contributed by atoms with Crippen LogP contribution in [-0.4, -0.2) is 34.3 Å². The van der Waals surface area contributed by atoms with Crippen LogP contribution in [0.3, 0.4) is 0 Å². The summed E-state index contributed by atoms with van der Waals surface area (Å²) in [7, 11) is 3.64. The summed E-state index contributed by atoms with van der Waals surface area (Å²) in [4.78, 5) is 1.73. The predicted molar refractivity (Wildman–Crippen MR) is 58.2 cm³/mol. The zero-order valence-electron chi connectivity index (χ0n) is 8.75. The molecule has 0 bridgehead atoms. The van der Waals surface area contributed by atoms with E-state index in [4.69, 9.17) is 0 Å². The zero-order valence-corrected chi connectivity index (χ0v) is 8.75. The van der Waals surface area contributed by atoms with Crippen LogP contribution in [0.15, 0.2) is 30.5 Å². The lowest BCUT2D eigenvalue weighted by Gasteiger charge is -2.19. The molecular formula is C11H13N3O. The molecule has 4 nitrogen and oxygen atoms in total. The molecule has 0 aliphatic carbocycles. The van der Waals surface area contributed by atoms with Gasteiger partial charge in [-0.3, -0.25) is 4.90 Å². The Kier molecular flexibility index (Phi) is 2.62. The first-order valence-corrected chi connectivity index (χ1v) is 4.75. The van der Waals surface area contributed by atoms with Crippen LogP contribution in [0.1, 0.15) is 11.8 Å². The van der Waals surface area contributed by atoms with E-state index in [0.717, 1.165) is 16.5 Å². The second kappa shape index (κ2) is 3.92. The van der Waals surface area contributed by atoms with Gasteiger partial charge in [-0.05, 0) is 20.2 Å². The van der Waals surface area contributed by atoms with Gasteiger partial charge in [0.2, 0.25) is 0 Å². The van der Waals surface area contributed by atoms with Crippen LogP contribution in [0.5, 0.6) is 0 Å². The molecule has 2 aromatic rings. The van der Waals surface area contributed by atoms with Gasteiger partial charge in [0.1, 0.15) is 11.7 Å². The molecule has 1 aromatic heterocycles. The number of benzene rings is 1. The molecule has 4 heteroatoms. The largest absolute Gasteiger partial charge is 0.374 e. The lowest BCUT2D eigenvalue weighted by molar-refractivity contribution is 0.0406. The molecule has 0 fully saturated rings. The number of fused-ring (bicyclic) bond motifs is 1. The molecule has 1 unspecified atom stereocenters. The van der Waals surface area contributed by atoms with Gasteiger partial charge in [0.25, 0.3) is 0 Å². The third kappa shape index (κ3) is 1.82. The Labute approximate surface area is 88.2 Å². The second-order valence-corrected chi connectivity index (χ2v) is 3.65. The number of hydrogen-bond donors (Lipinski definition) is 1. The van der Waals surface area contributed by atoms with E-state index in [1.165, 1.54) is 0 Å². The Hall–Kier alpha value is -1.52. The fourth-order valence-corrected chi connectivity index (χ4v) is 1.52. The summed E-state index contributed by atoms with van der Waals surface area (Å²) >= 11 is 0. The van der Waals surface area contributed by atoms with Gasteiger partial charge < -0.3 is 5.11 Å². The number of hydrogen-bond acceptors (Lipinski definition) is 4. The topological polar surface area (TPSA) is 49.2 Å². The van der Waals surface area contributed by atoms with E-state index in [1.807, 2.05) is 38.4 Å². The first-order chi connectivity index (χ1) is 7.20. The number of aromatic nitrogens is 2. The van der Waals surface area contributed by atoms with Crippen LogP contribution < -0.4 is 0 Å². The van der Waals surface area contributed by atoms with Crippen molar-refractivity contribution in [3.8, 4) is 0 Å². The third-order valence-electron chi connectivity index (χ3n) is 2.34. The molecular weight excluding hydrogens is 190 g/mol. The molecule has 0 amide bonds. The van der Waals surface area contributed by atoms with Gasteiger partial charge in [0.15, 0.2) is 0 Å². The predicted octanol–water partition coefficient (Wildman–Crippen LogP) is 1.18. The maximum atomic E-state index is 9.95. The highest BCUT2D eigenvalue weighted by molar-refractivity contribution is 5.81. The maximum absolute atomic E-state index is 9.95. The Morgan fingerprint density at radius 1 is 1.27 bits per heavy atom. The molecule has 1 atom stereocenters. The summed E-state index contributed by atoms with van der Waals surface area (Å²) in [5, 5.41) is 18.8. The van der Waals surface area contributed by atoms with Gasteiger partial charge in [-0.25, -0.2) is 0 Å². The molecule has 0 aliphatic heterocycles. The maximum Gasteiger partial charge on any atom is 0.135 e. The fourth-order valence-electron chi connectivity index (χ4n) is 1.52. The van der Waals surface area contributed by atoms with Gasteiger partial charge in [-0.1, -0.05) is 18.2 Å². The monoisotopic (exact) mass is 203 g/mol. The van der Waals surface area contributed by atoms with Crippen LogP contribution in [0, 0.1) is 0 Å². The molecule has 1 N–H and O–H groups in total. The van der Waals surface area contributed by atoms with E-state index in [0.29, 0.717) is 0 Å². The molecule has 0 saturated heterocycles. The lowest BCUT2D eigenvalue weighted by atomic mass is 10.1. The highest BCUT2D eigenvalue weighted by atomic mass is 16.3. The van der Waals surface area contributed by atoms with Gasteiger partial charge in [-0.2, -0.15) is 10.2 Å². The smallest absolute Gasteiger partial charge is 0.135 e. The summed E-state index contributed by atoms with van der Waals surface area (Å²) < 4.78 is 0. The minimum Gasteiger partial charge on any atom is -0.374 e. The number of aliphatic hydroxyl groups is 1. The molecule has 15 heavy (non-hydrogen) atoms. The lowest BCUT2D eigenvalue weighted by Crippen LogP contribution is -2.19. The van der Waals surface area contributed by atoms with Crippen LogP contribution in [0.2, 0.25) is 0 Å². The van der Waals surface area contributed by atoms with Crippen molar-refractivity contribution in [2.24, 2.45) is 0 Å². The average molecular weight is 203 g/mol. The standard InChI is InChI=1S/C11H13N3O/c1-14(2)11(15)9-5-3-4-8-6-7-12-13-10(8)9/h3-7,11,15H,1-2H3. The average Bonchev–Trinajstić information content (AvgIpc) is 2.27. The van der Waals surface area contributed by atoms with E-state index in [-0.39, 0.29) is 0 Å². The number of aliphatic hydroxyl groups excluding tert-OH is 1. The summed E-state index contributed by atoms with van der Waals surface area (Å²) in [6.45, 7) is 0. The van der Waals surface area contributed by atoms with Crippen molar-refractivity contribution in [1.82, 2.24) is 15.1 Å². The Morgan fingerprint density at radius 2 is 2.07 bits per heavy atom. The normalized spacial score (nSPS) is 13.3. The SMILES string of the molecule is CN(C)C(O)c1cccc2ccnnc12. The molecule has 0 aliphatic rings. The summed E-state index contributed by atoms with van der Waals surface area (Å²) in [6, 6.07) is 7.61. The van der Waals surface area contributed by atoms with Crippen LogP contribution in [0.4, 0.5) is 0 Å². The van der Waals surface area contributed by atoms with E-state index in [1.54, 1.807) is 11.1 Å². The molecule has 0 spiro atoms. The minimum absolute atomic E-state index is 0.648. The van der Waals surface area contributed by atoms with Crippen molar-refractivity contribution in [2.45, 2.75) is 6.23 Å². The Balaban J connectivity index is 2.60. The van der Waals surface area contributed by atoms with Crippen molar-refractivity contribution in [3.63, 3.8) is 0 Å². The molecule has 2 rings (SSSR count). The first kappa shape index (κ1) is 10.0. The molecule has 78 valence electrons. The second-order valence-electron chi connectivity index (χ2n) is 3.65. The van der Waals surface area contributed by atoms with E-state index in [9.17, 15) is 5.11 Å². The van der Waals surface area contributed by atoms with Crippen molar-refractivity contribution < 1.29 is 5.11 Å². The summed E-state index contributed by atoms with van der Waals surface area (Å²) in [5.41, 5.74) is 1.53. The zero-order chi connectivity index (χ0) is 10.8. The van der Waals surface area contributed by atoms with Gasteiger partial charge in [0, 0.05) is 10.9 Å². The molecule has 0 radical (unpaired) electrons. The van der Waals surface area contributed by atoms with E-state index < -0.39 is 6.23 Å². The molecule has 1 aromatic carbocycles. The fraction of sp³-hybridized carbons (Fsp3) is 0.273. The third-order valence-corrected chi connectivity index (χ3v) is 2.34. The van der Waals surface area contributed by atoms with Crippen LogP contribution in [-0.2, 0) is 0 Å². The van der Waals surface area contributed by atoms with Crippen LogP contribution >= 0.6 is 0 Å². The highest BCUT2D eigenvalue weighted by Crippen LogP contribution is 2.22. The first-order valence-electron chi connectivity index (χ1n) is 4.75. The van der Waals surface area contributed by atoms with Gasteiger partial charge in [0.05, 0.1) is 6.20 Å². The molecule has 1 heterocycles. The number of rotatable bonds is 2. The van der Waals surface area contributed by atoms with Crippen molar-refractivity contribution in [1.29, 1.82) is 0 Å². The van der Waals surface area contributed by atoms with Crippen LogP contribution in [0.25, 0.3) is 10.9 Å². The Bertz CT molecular complexity index is 465. The molecule has 0 saturated carbocycles. The van der Waals surface area contributed by atoms with Crippen molar-refractivity contribution in [2.75, 3.05) is 14.1 Å². The van der Waals surface area contributed by atoms with E-state index in [2.05, 4.69) is 10.2 Å². The summed E-state index contributed by atoms with van der Waals surface area (Å²) in [5.74, 6) is 0. The van der Waals surface area contributed by atoms with Crippen molar-refractivity contribution in [3.05, 3.63) is 36.0 Å². The Morgan fingerprint density at radius 3 is 2.80 bits per heavy atom. The quantitative estimate of drug-likeness (QED) is 0.745.